The van der Waals surface area contributed by atoms with Gasteiger partial charge in [0, 0.05) is 27.6 Å². The van der Waals surface area contributed by atoms with Crippen LogP contribution in [0.5, 0.6) is 0 Å². The normalized spacial score (nSPS) is 17.6. The summed E-state index contributed by atoms with van der Waals surface area (Å²) in [6.45, 7) is 3.28. The van der Waals surface area contributed by atoms with E-state index in [1.54, 1.807) is 11.8 Å². The van der Waals surface area contributed by atoms with Gasteiger partial charge in [-0.1, -0.05) is 18.3 Å². The summed E-state index contributed by atoms with van der Waals surface area (Å²) in [7, 11) is 0. The maximum atomic E-state index is 6.01. The van der Waals surface area contributed by atoms with E-state index in [-0.39, 0.29) is 0 Å². The molecule has 0 saturated heterocycles. The van der Waals surface area contributed by atoms with E-state index in [2.05, 4.69) is 47.7 Å². The van der Waals surface area contributed by atoms with Gasteiger partial charge >= 0.3 is 0 Å². The van der Waals surface area contributed by atoms with Gasteiger partial charge in [0.1, 0.15) is 4.99 Å². The molecule has 2 heterocycles. The number of hydrogen-bond donors (Lipinski definition) is 1. The third-order valence-corrected chi connectivity index (χ3v) is 6.04. The van der Waals surface area contributed by atoms with Crippen LogP contribution < -0.4 is 10.6 Å². The second kappa shape index (κ2) is 5.99. The summed E-state index contributed by atoms with van der Waals surface area (Å²) in [4.78, 5) is 5.58. The number of hydrogen-bond acceptors (Lipinski definition) is 4. The summed E-state index contributed by atoms with van der Waals surface area (Å²) < 4.78 is 0. The van der Waals surface area contributed by atoms with Gasteiger partial charge in [-0.3, -0.25) is 0 Å². The Balaban J connectivity index is 2.08. The maximum Gasteiger partial charge on any atom is 0.107 e. The van der Waals surface area contributed by atoms with Crippen LogP contribution in [0, 0.1) is 0 Å². The molecule has 1 atom stereocenters. The third-order valence-electron chi connectivity index (χ3n) is 4.06. The molecule has 1 aromatic carbocycles. The predicted octanol–water partition coefficient (Wildman–Crippen LogP) is 4.23. The molecule has 0 bridgehead atoms. The fourth-order valence-corrected chi connectivity index (χ4v) is 4.89. The minimum absolute atomic E-state index is 0.366. The summed E-state index contributed by atoms with van der Waals surface area (Å²) in [5, 5.41) is 2.19. The lowest BCUT2D eigenvalue weighted by Gasteiger charge is -2.37. The Morgan fingerprint density at radius 1 is 1.43 bits per heavy atom. The summed E-state index contributed by atoms with van der Waals surface area (Å²) in [5.41, 5.74) is 9.64. The van der Waals surface area contributed by atoms with Gasteiger partial charge in [-0.2, -0.15) is 0 Å². The zero-order valence-corrected chi connectivity index (χ0v) is 14.6. The van der Waals surface area contributed by atoms with Crippen molar-refractivity contribution in [1.82, 2.24) is 0 Å². The number of fused-ring (bicyclic) bond motifs is 1. The highest BCUT2D eigenvalue weighted by molar-refractivity contribution is 7.98. The minimum atomic E-state index is 0.366. The quantitative estimate of drug-likeness (QED) is 0.672. The van der Waals surface area contributed by atoms with Gasteiger partial charge in [0.05, 0.1) is 6.04 Å². The van der Waals surface area contributed by atoms with Crippen molar-refractivity contribution < 1.29 is 0 Å². The number of nitrogens with two attached hydrogens (primary N) is 1. The zero-order chi connectivity index (χ0) is 15.0. The molecular formula is C16H18N2S3. The largest absolute Gasteiger partial charge is 0.389 e. The molecule has 3 rings (SSSR count). The van der Waals surface area contributed by atoms with Crippen LogP contribution in [0.1, 0.15) is 29.0 Å². The predicted molar refractivity (Wildman–Crippen MR) is 97.9 cm³/mol. The Kier molecular flexibility index (Phi) is 4.24. The average Bonchev–Trinajstić information content (AvgIpc) is 2.96. The van der Waals surface area contributed by atoms with Crippen molar-refractivity contribution in [2.24, 2.45) is 5.73 Å². The van der Waals surface area contributed by atoms with Crippen LogP contribution in [0.3, 0.4) is 0 Å². The van der Waals surface area contributed by atoms with Crippen LogP contribution in [0.4, 0.5) is 5.69 Å². The molecule has 21 heavy (non-hydrogen) atoms. The highest BCUT2D eigenvalue weighted by Gasteiger charge is 2.27. The highest BCUT2D eigenvalue weighted by atomic mass is 32.2. The number of rotatable bonds is 3. The van der Waals surface area contributed by atoms with Gasteiger partial charge in [0.15, 0.2) is 0 Å². The number of anilines is 1. The molecule has 1 aliphatic rings. The van der Waals surface area contributed by atoms with E-state index < -0.39 is 0 Å². The van der Waals surface area contributed by atoms with Crippen LogP contribution in [0.2, 0.25) is 0 Å². The standard InChI is InChI=1S/C16H18N2S3/c1-10-11-7-9-21-13(11)6-8-18(10)12-4-3-5-14(20-2)15(12)16(17)19/h3-5,7,9-10H,6,8H2,1-2H3,(H2,17,19). The van der Waals surface area contributed by atoms with Crippen molar-refractivity contribution in [3.05, 3.63) is 45.6 Å². The van der Waals surface area contributed by atoms with Crippen LogP contribution in [0.25, 0.3) is 0 Å². The molecule has 0 aliphatic carbocycles. The first-order chi connectivity index (χ1) is 10.1. The maximum absolute atomic E-state index is 6.01. The number of thiocarbonyl (C=S) groups is 1. The minimum Gasteiger partial charge on any atom is -0.389 e. The van der Waals surface area contributed by atoms with Crippen molar-refractivity contribution in [2.45, 2.75) is 24.3 Å². The average molecular weight is 335 g/mol. The summed E-state index contributed by atoms with van der Waals surface area (Å²) >= 11 is 8.87. The molecule has 1 unspecified atom stereocenters. The molecule has 110 valence electrons. The summed E-state index contributed by atoms with van der Waals surface area (Å²) in [6, 6.07) is 8.94. The molecule has 2 nitrogen and oxygen atoms in total. The van der Waals surface area contributed by atoms with E-state index >= 15 is 0 Å². The lowest BCUT2D eigenvalue weighted by Crippen LogP contribution is -2.34. The summed E-state index contributed by atoms with van der Waals surface area (Å²) in [6.07, 6.45) is 3.16. The Morgan fingerprint density at radius 2 is 2.24 bits per heavy atom. The molecule has 0 fully saturated rings. The molecule has 2 N–H and O–H groups in total. The Labute approximate surface area is 139 Å². The molecule has 5 heteroatoms. The fourth-order valence-electron chi connectivity index (χ4n) is 3.02. The van der Waals surface area contributed by atoms with Crippen molar-refractivity contribution in [3.8, 4) is 0 Å². The van der Waals surface area contributed by atoms with E-state index in [0.29, 0.717) is 11.0 Å². The zero-order valence-electron chi connectivity index (χ0n) is 12.1. The number of nitrogens with zero attached hydrogens (tertiary/aromatic N) is 1. The van der Waals surface area contributed by atoms with Gasteiger partial charge in [-0.15, -0.1) is 23.1 Å². The monoisotopic (exact) mass is 334 g/mol. The summed E-state index contributed by atoms with van der Waals surface area (Å²) in [5.74, 6) is 0. The molecular weight excluding hydrogens is 316 g/mol. The van der Waals surface area contributed by atoms with Crippen molar-refractivity contribution in [3.63, 3.8) is 0 Å². The Morgan fingerprint density at radius 3 is 2.95 bits per heavy atom. The highest BCUT2D eigenvalue weighted by Crippen LogP contribution is 2.39. The van der Waals surface area contributed by atoms with Gasteiger partial charge in [-0.05, 0) is 48.7 Å². The first-order valence-electron chi connectivity index (χ1n) is 6.93. The van der Waals surface area contributed by atoms with E-state index in [4.69, 9.17) is 18.0 Å². The Hall–Kier alpha value is -1.04. The van der Waals surface area contributed by atoms with E-state index in [9.17, 15) is 0 Å². The number of benzene rings is 1. The van der Waals surface area contributed by atoms with Crippen molar-refractivity contribution in [2.75, 3.05) is 17.7 Å². The first-order valence-corrected chi connectivity index (χ1v) is 9.44. The van der Waals surface area contributed by atoms with Gasteiger partial charge < -0.3 is 10.6 Å². The molecule has 1 aliphatic heterocycles. The topological polar surface area (TPSA) is 29.3 Å². The second-order valence-electron chi connectivity index (χ2n) is 5.14. The second-order valence-corrected chi connectivity index (χ2v) is 7.43. The van der Waals surface area contributed by atoms with Crippen molar-refractivity contribution >= 4 is 46.0 Å². The van der Waals surface area contributed by atoms with Crippen LogP contribution in [0.15, 0.2) is 34.5 Å². The fraction of sp³-hybridized carbons (Fsp3) is 0.312. The third kappa shape index (κ3) is 2.58. The van der Waals surface area contributed by atoms with Crippen LogP contribution >= 0.6 is 35.3 Å². The molecule has 0 saturated carbocycles. The van der Waals surface area contributed by atoms with Gasteiger partial charge in [0.25, 0.3) is 0 Å². The number of thiophene rings is 1. The van der Waals surface area contributed by atoms with Gasteiger partial charge in [-0.25, -0.2) is 0 Å². The molecule has 1 aromatic heterocycles. The lowest BCUT2D eigenvalue weighted by atomic mass is 9.99. The van der Waals surface area contributed by atoms with E-state index in [1.807, 2.05) is 11.3 Å². The molecule has 2 aromatic rings. The lowest BCUT2D eigenvalue weighted by molar-refractivity contribution is 0.632. The first kappa shape index (κ1) is 14.9. The Bertz CT molecular complexity index is 678. The van der Waals surface area contributed by atoms with Gasteiger partial charge in [0.2, 0.25) is 0 Å². The van der Waals surface area contributed by atoms with E-state index in [0.717, 1.165) is 23.4 Å². The number of thioether (sulfide) groups is 1. The van der Waals surface area contributed by atoms with Crippen molar-refractivity contribution in [1.29, 1.82) is 0 Å². The smallest absolute Gasteiger partial charge is 0.107 e. The van der Waals surface area contributed by atoms with Crippen LogP contribution in [-0.4, -0.2) is 17.8 Å². The van der Waals surface area contributed by atoms with E-state index in [1.165, 1.54) is 16.1 Å². The molecule has 0 spiro atoms. The molecule has 0 radical (unpaired) electrons. The SMILES string of the molecule is CSc1cccc(N2CCc3sccc3C2C)c1C(N)=S. The molecule has 0 amide bonds. The van der Waals surface area contributed by atoms with Crippen LogP contribution in [-0.2, 0) is 6.42 Å².